The number of carboxylic acid groups (broad SMARTS) is 1. The van der Waals surface area contributed by atoms with Crippen LogP contribution in [0, 0.1) is 0 Å². The second-order valence-corrected chi connectivity index (χ2v) is 6.79. The number of hydrogen-bond donors (Lipinski definition) is 2. The summed E-state index contributed by atoms with van der Waals surface area (Å²) in [4.78, 5) is 14.1. The molecule has 118 valence electrons. The first-order valence-corrected chi connectivity index (χ1v) is 8.10. The fraction of sp³-hybridized carbons (Fsp3) is 0.938. The van der Waals surface area contributed by atoms with E-state index in [2.05, 4.69) is 17.1 Å². The van der Waals surface area contributed by atoms with E-state index in [-0.39, 0.29) is 6.04 Å². The van der Waals surface area contributed by atoms with E-state index in [1.165, 1.54) is 32.1 Å². The molecule has 20 heavy (non-hydrogen) atoms. The Labute approximate surface area is 123 Å². The highest BCUT2D eigenvalue weighted by Gasteiger charge is 2.36. The summed E-state index contributed by atoms with van der Waals surface area (Å²) in [6, 6.07) is 0.482. The van der Waals surface area contributed by atoms with Crippen LogP contribution >= 0.6 is 0 Å². The Kier molecular flexibility index (Phi) is 6.96. The zero-order chi connectivity index (χ0) is 15.2. The minimum Gasteiger partial charge on any atom is -0.480 e. The first kappa shape index (κ1) is 17.4. The van der Waals surface area contributed by atoms with Crippen LogP contribution in [0.4, 0.5) is 0 Å². The normalized spacial score (nSPS) is 22.9. The van der Waals surface area contributed by atoms with Crippen molar-refractivity contribution in [3.8, 4) is 0 Å². The molecule has 0 radical (unpaired) electrons. The molecule has 2 N–H and O–H groups in total. The third-order valence-corrected chi connectivity index (χ3v) is 4.30. The van der Waals surface area contributed by atoms with Crippen LogP contribution in [0.3, 0.4) is 0 Å². The number of hydrogen-bond acceptors (Lipinski definition) is 3. The Hall–Kier alpha value is -0.610. The van der Waals surface area contributed by atoms with E-state index >= 15 is 0 Å². The summed E-state index contributed by atoms with van der Waals surface area (Å²) in [7, 11) is 0. The van der Waals surface area contributed by atoms with E-state index in [9.17, 15) is 9.90 Å². The molecule has 0 aliphatic carbocycles. The van der Waals surface area contributed by atoms with Crippen molar-refractivity contribution in [3.05, 3.63) is 0 Å². The van der Waals surface area contributed by atoms with Gasteiger partial charge >= 0.3 is 5.97 Å². The maximum Gasteiger partial charge on any atom is 0.323 e. The third-order valence-electron chi connectivity index (χ3n) is 4.30. The summed E-state index contributed by atoms with van der Waals surface area (Å²) >= 11 is 0. The van der Waals surface area contributed by atoms with Gasteiger partial charge in [-0.25, -0.2) is 0 Å². The van der Waals surface area contributed by atoms with Crippen LogP contribution in [0.15, 0.2) is 0 Å². The zero-order valence-corrected chi connectivity index (χ0v) is 13.6. The van der Waals surface area contributed by atoms with E-state index in [4.69, 9.17) is 0 Å². The fourth-order valence-corrected chi connectivity index (χ4v) is 3.28. The van der Waals surface area contributed by atoms with Gasteiger partial charge in [-0.05, 0) is 60.0 Å². The Bertz CT molecular complexity index is 299. The first-order valence-electron chi connectivity index (χ1n) is 8.10. The summed E-state index contributed by atoms with van der Waals surface area (Å²) in [6.45, 7) is 10.2. The SMILES string of the molecule is CC(C)NC(C)(CC(C)N1CCCCCCC1)C(=O)O. The predicted octanol–water partition coefficient (Wildman–Crippen LogP) is 2.87. The zero-order valence-electron chi connectivity index (χ0n) is 13.6. The number of carbonyl (C=O) groups is 1. The number of likely N-dealkylation sites (tertiary alicyclic amines) is 1. The van der Waals surface area contributed by atoms with E-state index in [0.29, 0.717) is 12.5 Å². The van der Waals surface area contributed by atoms with Crippen LogP contribution in [0.2, 0.25) is 0 Å². The second-order valence-electron chi connectivity index (χ2n) is 6.79. The van der Waals surface area contributed by atoms with Crippen molar-refractivity contribution in [2.45, 2.75) is 83.8 Å². The summed E-state index contributed by atoms with van der Waals surface area (Å²) in [5.74, 6) is -0.745. The molecule has 1 saturated heterocycles. The molecule has 0 aromatic heterocycles. The molecule has 4 nitrogen and oxygen atoms in total. The lowest BCUT2D eigenvalue weighted by Gasteiger charge is -2.37. The van der Waals surface area contributed by atoms with Crippen molar-refractivity contribution in [1.82, 2.24) is 10.2 Å². The standard InChI is InChI=1S/C16H32N2O2/c1-13(2)17-16(4,15(19)20)12-14(3)18-10-8-6-5-7-9-11-18/h13-14,17H,5-12H2,1-4H3,(H,19,20). The Morgan fingerprint density at radius 1 is 1.15 bits per heavy atom. The minimum atomic E-state index is -0.837. The molecule has 4 heteroatoms. The number of nitrogens with zero attached hydrogens (tertiary/aromatic N) is 1. The van der Waals surface area contributed by atoms with E-state index < -0.39 is 11.5 Å². The molecule has 0 aromatic carbocycles. The molecular weight excluding hydrogens is 252 g/mol. The average molecular weight is 284 g/mol. The Balaban J connectivity index is 2.63. The van der Waals surface area contributed by atoms with Gasteiger partial charge in [0, 0.05) is 12.1 Å². The van der Waals surface area contributed by atoms with Gasteiger partial charge in [0.1, 0.15) is 5.54 Å². The molecule has 1 aliphatic heterocycles. The van der Waals surface area contributed by atoms with Gasteiger partial charge in [-0.1, -0.05) is 19.3 Å². The second kappa shape index (κ2) is 7.99. The van der Waals surface area contributed by atoms with Crippen molar-refractivity contribution in [1.29, 1.82) is 0 Å². The van der Waals surface area contributed by atoms with Gasteiger partial charge in [-0.15, -0.1) is 0 Å². The highest BCUT2D eigenvalue weighted by atomic mass is 16.4. The highest BCUT2D eigenvalue weighted by Crippen LogP contribution is 2.20. The Morgan fingerprint density at radius 3 is 2.10 bits per heavy atom. The van der Waals surface area contributed by atoms with Gasteiger partial charge in [-0.2, -0.15) is 0 Å². The van der Waals surface area contributed by atoms with Crippen LogP contribution in [-0.2, 0) is 4.79 Å². The van der Waals surface area contributed by atoms with Crippen molar-refractivity contribution in [2.75, 3.05) is 13.1 Å². The van der Waals surface area contributed by atoms with Gasteiger partial charge in [0.25, 0.3) is 0 Å². The quantitative estimate of drug-likeness (QED) is 0.787. The van der Waals surface area contributed by atoms with Crippen molar-refractivity contribution >= 4 is 5.97 Å². The lowest BCUT2D eigenvalue weighted by atomic mass is 9.91. The summed E-state index contributed by atoms with van der Waals surface area (Å²) in [5.41, 5.74) is -0.837. The van der Waals surface area contributed by atoms with Crippen LogP contribution in [-0.4, -0.2) is 46.7 Å². The molecule has 0 amide bonds. The topological polar surface area (TPSA) is 52.6 Å². The largest absolute Gasteiger partial charge is 0.480 e. The van der Waals surface area contributed by atoms with Crippen LogP contribution in [0.5, 0.6) is 0 Å². The van der Waals surface area contributed by atoms with E-state index in [0.717, 1.165) is 13.1 Å². The maximum atomic E-state index is 11.6. The lowest BCUT2D eigenvalue weighted by Crippen LogP contribution is -2.55. The van der Waals surface area contributed by atoms with Crippen LogP contribution in [0.1, 0.15) is 66.2 Å². The number of rotatable bonds is 6. The smallest absolute Gasteiger partial charge is 0.323 e. The highest BCUT2D eigenvalue weighted by molar-refractivity contribution is 5.78. The summed E-state index contributed by atoms with van der Waals surface area (Å²) in [6.07, 6.45) is 7.11. The fourth-order valence-electron chi connectivity index (χ4n) is 3.28. The number of nitrogens with one attached hydrogen (secondary N) is 1. The molecule has 0 bridgehead atoms. The van der Waals surface area contributed by atoms with Crippen molar-refractivity contribution < 1.29 is 9.90 Å². The molecule has 2 atom stereocenters. The van der Waals surface area contributed by atoms with Crippen molar-refractivity contribution in [3.63, 3.8) is 0 Å². The molecular formula is C16H32N2O2. The monoisotopic (exact) mass is 284 g/mol. The molecule has 2 unspecified atom stereocenters. The molecule has 1 fully saturated rings. The Morgan fingerprint density at radius 2 is 1.65 bits per heavy atom. The maximum absolute atomic E-state index is 11.6. The molecule has 0 saturated carbocycles. The molecule has 1 heterocycles. The van der Waals surface area contributed by atoms with Gasteiger partial charge < -0.3 is 10.0 Å². The van der Waals surface area contributed by atoms with Gasteiger partial charge in [0.05, 0.1) is 0 Å². The summed E-state index contributed by atoms with van der Waals surface area (Å²) < 4.78 is 0. The van der Waals surface area contributed by atoms with Crippen LogP contribution in [0.25, 0.3) is 0 Å². The predicted molar refractivity (Wildman–Crippen MR) is 83.0 cm³/mol. The molecule has 0 spiro atoms. The number of carboxylic acids is 1. The van der Waals surface area contributed by atoms with E-state index in [1.807, 2.05) is 20.8 Å². The van der Waals surface area contributed by atoms with Gasteiger partial charge in [-0.3, -0.25) is 10.1 Å². The van der Waals surface area contributed by atoms with Gasteiger partial charge in [0.2, 0.25) is 0 Å². The lowest BCUT2D eigenvalue weighted by molar-refractivity contribution is -0.145. The molecule has 0 aromatic rings. The average Bonchev–Trinajstić information content (AvgIpc) is 2.26. The molecule has 1 aliphatic rings. The van der Waals surface area contributed by atoms with Crippen LogP contribution < -0.4 is 5.32 Å². The van der Waals surface area contributed by atoms with Crippen molar-refractivity contribution in [2.24, 2.45) is 0 Å². The number of aliphatic carboxylic acids is 1. The minimum absolute atomic E-state index is 0.177. The van der Waals surface area contributed by atoms with Gasteiger partial charge in [0.15, 0.2) is 0 Å². The van der Waals surface area contributed by atoms with E-state index in [1.54, 1.807) is 0 Å². The molecule has 1 rings (SSSR count). The first-order chi connectivity index (χ1) is 9.35. The summed E-state index contributed by atoms with van der Waals surface area (Å²) in [5, 5.41) is 12.8. The third kappa shape index (κ3) is 5.41.